The second kappa shape index (κ2) is 5.41. The van der Waals surface area contributed by atoms with Gasteiger partial charge < -0.3 is 10.3 Å². The lowest BCUT2D eigenvalue weighted by Crippen LogP contribution is -2.20. The minimum atomic E-state index is -0.255. The maximum Gasteiger partial charge on any atom is 0.186 e. The quantitative estimate of drug-likeness (QED) is 0.918. The Morgan fingerprint density at radius 3 is 2.42 bits per heavy atom. The molecule has 0 saturated heterocycles. The van der Waals surface area contributed by atoms with Gasteiger partial charge in [-0.2, -0.15) is 0 Å². The lowest BCUT2D eigenvalue weighted by molar-refractivity contribution is 0.786. The van der Waals surface area contributed by atoms with Gasteiger partial charge in [-0.25, -0.2) is 0 Å². The summed E-state index contributed by atoms with van der Waals surface area (Å²) in [5.41, 5.74) is 9.76. The van der Waals surface area contributed by atoms with Crippen molar-refractivity contribution in [3.05, 3.63) is 63.6 Å². The van der Waals surface area contributed by atoms with E-state index in [9.17, 15) is 4.79 Å². The SMILES string of the molecule is CCc1ccc(-n2cc(C(C)N)c(=O)cc2C)cc1. The zero-order chi connectivity index (χ0) is 14.0. The first-order chi connectivity index (χ1) is 9.02. The van der Waals surface area contributed by atoms with Crippen LogP contribution in [0.25, 0.3) is 5.69 Å². The Balaban J connectivity index is 2.54. The molecule has 19 heavy (non-hydrogen) atoms. The van der Waals surface area contributed by atoms with E-state index < -0.39 is 0 Å². The summed E-state index contributed by atoms with van der Waals surface area (Å²) >= 11 is 0. The molecule has 2 N–H and O–H groups in total. The maximum atomic E-state index is 11.9. The van der Waals surface area contributed by atoms with Gasteiger partial charge in [0.05, 0.1) is 0 Å². The lowest BCUT2D eigenvalue weighted by Gasteiger charge is -2.14. The van der Waals surface area contributed by atoms with Crippen LogP contribution in [-0.4, -0.2) is 4.57 Å². The summed E-state index contributed by atoms with van der Waals surface area (Å²) in [4.78, 5) is 11.9. The van der Waals surface area contributed by atoms with Gasteiger partial charge in [-0.1, -0.05) is 19.1 Å². The largest absolute Gasteiger partial charge is 0.324 e. The van der Waals surface area contributed by atoms with Crippen LogP contribution < -0.4 is 11.2 Å². The molecule has 1 unspecified atom stereocenters. The fraction of sp³-hybridized carbons (Fsp3) is 0.312. The molecule has 100 valence electrons. The second-order valence-corrected chi connectivity index (χ2v) is 4.91. The average Bonchev–Trinajstić information content (AvgIpc) is 2.38. The second-order valence-electron chi connectivity index (χ2n) is 4.91. The molecule has 1 aromatic carbocycles. The van der Waals surface area contributed by atoms with E-state index >= 15 is 0 Å². The first-order valence-corrected chi connectivity index (χ1v) is 6.61. The highest BCUT2D eigenvalue weighted by atomic mass is 16.1. The summed E-state index contributed by atoms with van der Waals surface area (Å²) in [6.45, 7) is 5.89. The summed E-state index contributed by atoms with van der Waals surface area (Å²) in [7, 11) is 0. The van der Waals surface area contributed by atoms with Crippen LogP contribution >= 0.6 is 0 Å². The van der Waals surface area contributed by atoms with Gasteiger partial charge in [0.2, 0.25) is 0 Å². The monoisotopic (exact) mass is 256 g/mol. The van der Waals surface area contributed by atoms with E-state index in [-0.39, 0.29) is 11.5 Å². The molecule has 0 amide bonds. The topological polar surface area (TPSA) is 48.0 Å². The van der Waals surface area contributed by atoms with Crippen LogP contribution in [-0.2, 0) is 6.42 Å². The third kappa shape index (κ3) is 2.76. The van der Waals surface area contributed by atoms with Gasteiger partial charge in [-0.15, -0.1) is 0 Å². The predicted octanol–water partition coefficient (Wildman–Crippen LogP) is 2.73. The van der Waals surface area contributed by atoms with Crippen LogP contribution in [0.2, 0.25) is 0 Å². The standard InChI is InChI=1S/C16H20N2O/c1-4-13-5-7-14(8-6-13)18-10-15(12(3)17)16(19)9-11(18)2/h5-10,12H,4,17H2,1-3H3. The molecule has 2 aromatic rings. The Morgan fingerprint density at radius 2 is 1.89 bits per heavy atom. The van der Waals surface area contributed by atoms with Gasteiger partial charge in [0.1, 0.15) is 0 Å². The fourth-order valence-corrected chi connectivity index (χ4v) is 2.16. The summed E-state index contributed by atoms with van der Waals surface area (Å²) in [5.74, 6) is 0. The van der Waals surface area contributed by atoms with Crippen molar-refractivity contribution < 1.29 is 0 Å². The van der Waals surface area contributed by atoms with Crippen molar-refractivity contribution in [3.8, 4) is 5.69 Å². The van der Waals surface area contributed by atoms with Crippen LogP contribution in [0.15, 0.2) is 41.3 Å². The molecule has 0 bridgehead atoms. The molecule has 1 atom stereocenters. The molecule has 0 fully saturated rings. The third-order valence-electron chi connectivity index (χ3n) is 3.39. The molecular formula is C16H20N2O. The average molecular weight is 256 g/mol. The van der Waals surface area contributed by atoms with Crippen molar-refractivity contribution >= 4 is 0 Å². The summed E-state index contributed by atoms with van der Waals surface area (Å²) < 4.78 is 2.01. The van der Waals surface area contributed by atoms with E-state index in [2.05, 4.69) is 31.2 Å². The van der Waals surface area contributed by atoms with Crippen LogP contribution in [0.1, 0.15) is 36.7 Å². The molecule has 0 radical (unpaired) electrons. The number of aromatic nitrogens is 1. The minimum Gasteiger partial charge on any atom is -0.324 e. The zero-order valence-electron chi connectivity index (χ0n) is 11.7. The number of benzene rings is 1. The first-order valence-electron chi connectivity index (χ1n) is 6.61. The van der Waals surface area contributed by atoms with E-state index in [1.165, 1.54) is 5.56 Å². The first kappa shape index (κ1) is 13.6. The molecule has 3 nitrogen and oxygen atoms in total. The van der Waals surface area contributed by atoms with Crippen LogP contribution in [0.4, 0.5) is 0 Å². The van der Waals surface area contributed by atoms with Crippen molar-refractivity contribution in [2.24, 2.45) is 5.73 Å². The van der Waals surface area contributed by atoms with Crippen LogP contribution in [0.5, 0.6) is 0 Å². The number of hydrogen-bond acceptors (Lipinski definition) is 2. The van der Waals surface area contributed by atoms with Gasteiger partial charge in [-0.05, 0) is 38.0 Å². The highest BCUT2D eigenvalue weighted by molar-refractivity contribution is 5.38. The van der Waals surface area contributed by atoms with Crippen molar-refractivity contribution in [2.45, 2.75) is 33.2 Å². The number of rotatable bonds is 3. The Hall–Kier alpha value is -1.87. The number of aryl methyl sites for hydroxylation is 2. The van der Waals surface area contributed by atoms with Gasteiger partial charge in [0.25, 0.3) is 0 Å². The number of nitrogens with zero attached hydrogens (tertiary/aromatic N) is 1. The lowest BCUT2D eigenvalue weighted by atomic mass is 10.1. The molecule has 0 aliphatic heterocycles. The van der Waals surface area contributed by atoms with Crippen molar-refractivity contribution in [1.82, 2.24) is 4.57 Å². The van der Waals surface area contributed by atoms with E-state index in [1.54, 1.807) is 6.07 Å². The van der Waals surface area contributed by atoms with E-state index in [0.717, 1.165) is 17.8 Å². The zero-order valence-corrected chi connectivity index (χ0v) is 11.7. The van der Waals surface area contributed by atoms with E-state index in [1.807, 2.05) is 24.6 Å². The summed E-state index contributed by atoms with van der Waals surface area (Å²) in [5, 5.41) is 0. The molecule has 0 aliphatic carbocycles. The minimum absolute atomic E-state index is 0.00827. The molecular weight excluding hydrogens is 236 g/mol. The maximum absolute atomic E-state index is 11.9. The Labute approximate surface area is 113 Å². The van der Waals surface area contributed by atoms with Crippen LogP contribution in [0.3, 0.4) is 0 Å². The van der Waals surface area contributed by atoms with Crippen molar-refractivity contribution in [3.63, 3.8) is 0 Å². The molecule has 1 aromatic heterocycles. The Bertz CT molecular complexity index is 624. The highest BCUT2D eigenvalue weighted by Gasteiger charge is 2.08. The van der Waals surface area contributed by atoms with E-state index in [4.69, 9.17) is 5.73 Å². The van der Waals surface area contributed by atoms with Gasteiger partial charge >= 0.3 is 0 Å². The van der Waals surface area contributed by atoms with E-state index in [0.29, 0.717) is 5.56 Å². The van der Waals surface area contributed by atoms with Crippen molar-refractivity contribution in [2.75, 3.05) is 0 Å². The van der Waals surface area contributed by atoms with Crippen LogP contribution in [0, 0.1) is 6.92 Å². The Morgan fingerprint density at radius 1 is 1.26 bits per heavy atom. The molecule has 0 aliphatic rings. The smallest absolute Gasteiger partial charge is 0.186 e. The van der Waals surface area contributed by atoms with Gasteiger partial charge in [-0.3, -0.25) is 4.79 Å². The molecule has 1 heterocycles. The van der Waals surface area contributed by atoms with Gasteiger partial charge in [0.15, 0.2) is 5.43 Å². The molecule has 0 spiro atoms. The number of hydrogen-bond donors (Lipinski definition) is 1. The number of nitrogens with two attached hydrogens (primary N) is 1. The third-order valence-corrected chi connectivity index (χ3v) is 3.39. The summed E-state index contributed by atoms with van der Waals surface area (Å²) in [6, 6.07) is 9.75. The fourth-order valence-electron chi connectivity index (χ4n) is 2.16. The normalized spacial score (nSPS) is 12.4. The number of pyridine rings is 1. The van der Waals surface area contributed by atoms with Gasteiger partial charge in [0, 0.05) is 35.2 Å². The van der Waals surface area contributed by atoms with Crippen molar-refractivity contribution in [1.29, 1.82) is 0 Å². The molecule has 0 saturated carbocycles. The highest BCUT2D eigenvalue weighted by Crippen LogP contribution is 2.14. The molecule has 3 heteroatoms. The molecule has 2 rings (SSSR count). The summed E-state index contributed by atoms with van der Waals surface area (Å²) in [6.07, 6.45) is 2.87. The predicted molar refractivity (Wildman–Crippen MR) is 78.8 cm³/mol. The Kier molecular flexibility index (Phi) is 3.86.